The van der Waals surface area contributed by atoms with Gasteiger partial charge < -0.3 is 19.7 Å². The van der Waals surface area contributed by atoms with E-state index >= 15 is 0 Å². The van der Waals surface area contributed by atoms with E-state index in [-0.39, 0.29) is 30.2 Å². The predicted octanol–water partition coefficient (Wildman–Crippen LogP) is 2.51. The predicted molar refractivity (Wildman–Crippen MR) is 97.5 cm³/mol. The number of amides is 2. The van der Waals surface area contributed by atoms with Gasteiger partial charge in [0.05, 0.1) is 5.92 Å². The van der Waals surface area contributed by atoms with Crippen LogP contribution in [0.25, 0.3) is 0 Å². The first-order chi connectivity index (χ1) is 12.6. The summed E-state index contributed by atoms with van der Waals surface area (Å²) in [6, 6.07) is 5.76. The summed E-state index contributed by atoms with van der Waals surface area (Å²) in [5, 5.41) is 3.19. The third-order valence-corrected chi connectivity index (χ3v) is 5.77. The van der Waals surface area contributed by atoms with E-state index in [1.165, 1.54) is 12.8 Å². The lowest BCUT2D eigenvalue weighted by Crippen LogP contribution is -2.44. The molecule has 4 rings (SSSR count). The fourth-order valence-corrected chi connectivity index (χ4v) is 4.16. The molecular weight excluding hydrogens is 332 g/mol. The van der Waals surface area contributed by atoms with Crippen molar-refractivity contribution in [3.05, 3.63) is 18.2 Å². The van der Waals surface area contributed by atoms with Crippen LogP contribution in [0.1, 0.15) is 39.0 Å². The lowest BCUT2D eigenvalue weighted by Gasteiger charge is -2.30. The van der Waals surface area contributed by atoms with E-state index in [2.05, 4.69) is 12.2 Å². The first-order valence-corrected chi connectivity index (χ1v) is 9.62. The lowest BCUT2D eigenvalue weighted by atomic mass is 9.85. The molecule has 0 bridgehead atoms. The number of nitrogens with zero attached hydrogens (tertiary/aromatic N) is 1. The largest absolute Gasteiger partial charge is 0.486 e. The van der Waals surface area contributed by atoms with Crippen molar-refractivity contribution in [1.29, 1.82) is 0 Å². The summed E-state index contributed by atoms with van der Waals surface area (Å²) in [4.78, 5) is 26.9. The molecule has 0 spiro atoms. The minimum atomic E-state index is -0.287. The maximum Gasteiger partial charge on any atom is 0.227 e. The van der Waals surface area contributed by atoms with Gasteiger partial charge in [0.25, 0.3) is 0 Å². The topological polar surface area (TPSA) is 67.9 Å². The van der Waals surface area contributed by atoms with Gasteiger partial charge in [0.15, 0.2) is 11.5 Å². The third kappa shape index (κ3) is 3.37. The summed E-state index contributed by atoms with van der Waals surface area (Å²) in [7, 11) is 0. The molecule has 1 N–H and O–H groups in total. The zero-order valence-electron chi connectivity index (χ0n) is 15.2. The maximum atomic E-state index is 12.7. The number of hydrogen-bond donors (Lipinski definition) is 1. The van der Waals surface area contributed by atoms with Crippen LogP contribution in [0.15, 0.2) is 18.2 Å². The summed E-state index contributed by atoms with van der Waals surface area (Å²) in [6.07, 6.45) is 4.88. The van der Waals surface area contributed by atoms with Crippen molar-refractivity contribution < 1.29 is 19.1 Å². The molecule has 0 unspecified atom stereocenters. The molecule has 2 heterocycles. The van der Waals surface area contributed by atoms with Gasteiger partial charge >= 0.3 is 0 Å². The summed E-state index contributed by atoms with van der Waals surface area (Å²) < 4.78 is 11.1. The minimum absolute atomic E-state index is 0.0112. The number of carbonyl (C=O) groups is 2. The number of benzene rings is 1. The smallest absolute Gasteiger partial charge is 0.227 e. The SMILES string of the molecule is C[C@H]1CCCC[C@H]1NC(=O)[C@@H]1CC(=O)N(c2ccc3c(c2)OCCO3)C1. The van der Waals surface area contributed by atoms with Crippen LogP contribution >= 0.6 is 0 Å². The fraction of sp³-hybridized carbons (Fsp3) is 0.600. The number of ether oxygens (including phenoxy) is 2. The second-order valence-electron chi connectivity index (χ2n) is 7.61. The molecule has 2 aliphatic heterocycles. The Labute approximate surface area is 153 Å². The molecule has 0 radical (unpaired) electrons. The Morgan fingerprint density at radius 3 is 2.73 bits per heavy atom. The van der Waals surface area contributed by atoms with Gasteiger partial charge in [-0.25, -0.2) is 0 Å². The Bertz CT molecular complexity index is 705. The van der Waals surface area contributed by atoms with Gasteiger partial charge in [0, 0.05) is 30.8 Å². The van der Waals surface area contributed by atoms with Crippen LogP contribution in [0.3, 0.4) is 0 Å². The fourth-order valence-electron chi connectivity index (χ4n) is 4.16. The van der Waals surface area contributed by atoms with Crippen LogP contribution in [0.2, 0.25) is 0 Å². The second-order valence-corrected chi connectivity index (χ2v) is 7.61. The first kappa shape index (κ1) is 17.2. The average Bonchev–Trinajstić information content (AvgIpc) is 3.05. The number of nitrogens with one attached hydrogen (secondary N) is 1. The highest BCUT2D eigenvalue weighted by Crippen LogP contribution is 2.36. The molecule has 1 aromatic carbocycles. The molecule has 6 nitrogen and oxygen atoms in total. The molecule has 6 heteroatoms. The molecule has 1 saturated carbocycles. The van der Waals surface area contributed by atoms with E-state index in [1.807, 2.05) is 18.2 Å². The molecular formula is C20H26N2O4. The van der Waals surface area contributed by atoms with E-state index in [9.17, 15) is 9.59 Å². The average molecular weight is 358 g/mol. The molecule has 0 aromatic heterocycles. The Balaban J connectivity index is 1.42. The van der Waals surface area contributed by atoms with Crippen molar-refractivity contribution in [3.63, 3.8) is 0 Å². The van der Waals surface area contributed by atoms with E-state index < -0.39 is 0 Å². The zero-order chi connectivity index (χ0) is 18.1. The standard InChI is InChI=1S/C20H26N2O4/c1-13-4-2-3-5-16(13)21-20(24)14-10-19(23)22(12-14)15-6-7-17-18(11-15)26-9-8-25-17/h6-7,11,13-14,16H,2-5,8-10,12H2,1H3,(H,21,24)/t13-,14+,16+/m0/s1. The molecule has 2 fully saturated rings. The van der Waals surface area contributed by atoms with Crippen LogP contribution < -0.4 is 19.7 Å². The van der Waals surface area contributed by atoms with E-state index in [0.717, 1.165) is 18.5 Å². The van der Waals surface area contributed by atoms with Gasteiger partial charge in [-0.2, -0.15) is 0 Å². The number of fused-ring (bicyclic) bond motifs is 1. The van der Waals surface area contributed by atoms with Gasteiger partial charge in [-0.1, -0.05) is 19.8 Å². The number of rotatable bonds is 3. The van der Waals surface area contributed by atoms with Gasteiger partial charge in [-0.05, 0) is 30.9 Å². The Hall–Kier alpha value is -2.24. The van der Waals surface area contributed by atoms with Crippen LogP contribution in [-0.4, -0.2) is 37.6 Å². The molecule has 140 valence electrons. The van der Waals surface area contributed by atoms with Gasteiger partial charge in [0.2, 0.25) is 11.8 Å². The number of hydrogen-bond acceptors (Lipinski definition) is 4. The van der Waals surface area contributed by atoms with Crippen LogP contribution in [0, 0.1) is 11.8 Å². The van der Waals surface area contributed by atoms with Gasteiger partial charge in [-0.3, -0.25) is 9.59 Å². The van der Waals surface area contributed by atoms with E-state index in [0.29, 0.717) is 37.2 Å². The van der Waals surface area contributed by atoms with Gasteiger partial charge in [0.1, 0.15) is 13.2 Å². The van der Waals surface area contributed by atoms with Crippen LogP contribution in [0.5, 0.6) is 11.5 Å². The summed E-state index contributed by atoms with van der Waals surface area (Å²) in [5.74, 6) is 1.58. The second kappa shape index (κ2) is 7.17. The normalized spacial score (nSPS) is 28.1. The minimum Gasteiger partial charge on any atom is -0.486 e. The van der Waals surface area contributed by atoms with Crippen LogP contribution in [-0.2, 0) is 9.59 Å². The van der Waals surface area contributed by atoms with Crippen molar-refractivity contribution in [2.45, 2.75) is 45.1 Å². The molecule has 26 heavy (non-hydrogen) atoms. The Morgan fingerprint density at radius 1 is 1.15 bits per heavy atom. The van der Waals surface area contributed by atoms with Crippen molar-refractivity contribution in [3.8, 4) is 11.5 Å². The molecule has 2 amide bonds. The summed E-state index contributed by atoms with van der Waals surface area (Å²) in [6.45, 7) is 3.67. The monoisotopic (exact) mass is 358 g/mol. The van der Waals surface area contributed by atoms with Gasteiger partial charge in [-0.15, -0.1) is 0 Å². The lowest BCUT2D eigenvalue weighted by molar-refractivity contribution is -0.127. The molecule has 3 aliphatic rings. The third-order valence-electron chi connectivity index (χ3n) is 5.77. The number of anilines is 1. The Kier molecular flexibility index (Phi) is 4.74. The maximum absolute atomic E-state index is 12.7. The van der Waals surface area contributed by atoms with E-state index in [1.54, 1.807) is 4.90 Å². The molecule has 3 atom stereocenters. The van der Waals surface area contributed by atoms with Crippen molar-refractivity contribution in [1.82, 2.24) is 5.32 Å². The van der Waals surface area contributed by atoms with E-state index in [4.69, 9.17) is 9.47 Å². The molecule has 1 aromatic rings. The van der Waals surface area contributed by atoms with Crippen LogP contribution in [0.4, 0.5) is 5.69 Å². The summed E-state index contributed by atoms with van der Waals surface area (Å²) in [5.41, 5.74) is 0.764. The quantitative estimate of drug-likeness (QED) is 0.901. The highest BCUT2D eigenvalue weighted by atomic mass is 16.6. The highest BCUT2D eigenvalue weighted by molar-refractivity contribution is 6.00. The molecule has 1 saturated heterocycles. The van der Waals surface area contributed by atoms with Crippen molar-refractivity contribution in [2.24, 2.45) is 11.8 Å². The summed E-state index contributed by atoms with van der Waals surface area (Å²) >= 11 is 0. The van der Waals surface area contributed by atoms with Crippen molar-refractivity contribution in [2.75, 3.05) is 24.7 Å². The first-order valence-electron chi connectivity index (χ1n) is 9.62. The molecule has 1 aliphatic carbocycles. The zero-order valence-corrected chi connectivity index (χ0v) is 15.2. The Morgan fingerprint density at radius 2 is 1.92 bits per heavy atom. The number of carbonyl (C=O) groups excluding carboxylic acids is 2. The van der Waals surface area contributed by atoms with Crippen molar-refractivity contribution >= 4 is 17.5 Å². The highest BCUT2D eigenvalue weighted by Gasteiger charge is 2.37.